The SMILES string of the molecule is Clc1cccc(N2N=C(c3cccs3)C[C@H]2c2ccccc2)c1. The summed E-state index contributed by atoms with van der Waals surface area (Å²) in [6.07, 6.45) is 0.900. The van der Waals surface area contributed by atoms with Gasteiger partial charge in [-0.3, -0.25) is 5.01 Å². The summed E-state index contributed by atoms with van der Waals surface area (Å²) in [5, 5.41) is 9.82. The Kier molecular flexibility index (Phi) is 3.90. The van der Waals surface area contributed by atoms with Gasteiger partial charge in [-0.1, -0.05) is 54.1 Å². The maximum Gasteiger partial charge on any atom is 0.0832 e. The first-order valence-corrected chi connectivity index (χ1v) is 8.78. The third-order valence-electron chi connectivity index (χ3n) is 3.97. The summed E-state index contributed by atoms with van der Waals surface area (Å²) in [7, 11) is 0. The highest BCUT2D eigenvalue weighted by Crippen LogP contribution is 2.37. The maximum absolute atomic E-state index is 6.18. The molecule has 0 N–H and O–H groups in total. The lowest BCUT2D eigenvalue weighted by Gasteiger charge is -2.24. The largest absolute Gasteiger partial charge is 0.257 e. The van der Waals surface area contributed by atoms with E-state index in [0.29, 0.717) is 0 Å². The molecule has 0 saturated heterocycles. The average molecular weight is 339 g/mol. The molecule has 0 amide bonds. The van der Waals surface area contributed by atoms with Gasteiger partial charge in [0.2, 0.25) is 0 Å². The smallest absolute Gasteiger partial charge is 0.0832 e. The highest BCUT2D eigenvalue weighted by molar-refractivity contribution is 7.12. The Morgan fingerprint density at radius 3 is 2.61 bits per heavy atom. The van der Waals surface area contributed by atoms with E-state index < -0.39 is 0 Å². The Labute approximate surface area is 144 Å². The van der Waals surface area contributed by atoms with Crippen molar-refractivity contribution in [1.82, 2.24) is 0 Å². The van der Waals surface area contributed by atoms with E-state index in [0.717, 1.165) is 22.8 Å². The number of rotatable bonds is 3. The Hall–Kier alpha value is -2.10. The lowest BCUT2D eigenvalue weighted by molar-refractivity contribution is 0.709. The van der Waals surface area contributed by atoms with Gasteiger partial charge < -0.3 is 0 Å². The fourth-order valence-corrected chi connectivity index (χ4v) is 3.80. The molecule has 4 heteroatoms. The maximum atomic E-state index is 6.18. The second kappa shape index (κ2) is 6.19. The fourth-order valence-electron chi connectivity index (χ4n) is 2.89. The first-order chi connectivity index (χ1) is 11.3. The summed E-state index contributed by atoms with van der Waals surface area (Å²) in [6, 6.07) is 22.8. The molecular formula is C19H15ClN2S. The topological polar surface area (TPSA) is 15.6 Å². The van der Waals surface area contributed by atoms with E-state index in [9.17, 15) is 0 Å². The van der Waals surface area contributed by atoms with Crippen molar-refractivity contribution in [1.29, 1.82) is 0 Å². The van der Waals surface area contributed by atoms with E-state index in [2.05, 4.69) is 52.9 Å². The number of nitrogens with zero attached hydrogens (tertiary/aromatic N) is 2. The molecule has 0 saturated carbocycles. The number of hydrogen-bond donors (Lipinski definition) is 0. The molecule has 0 fully saturated rings. The molecule has 23 heavy (non-hydrogen) atoms. The highest BCUT2D eigenvalue weighted by Gasteiger charge is 2.30. The summed E-state index contributed by atoms with van der Waals surface area (Å²) in [6.45, 7) is 0. The van der Waals surface area contributed by atoms with Crippen molar-refractivity contribution in [3.05, 3.63) is 87.6 Å². The van der Waals surface area contributed by atoms with E-state index in [1.54, 1.807) is 11.3 Å². The monoisotopic (exact) mass is 338 g/mol. The normalized spacial score (nSPS) is 17.3. The summed E-state index contributed by atoms with van der Waals surface area (Å²) in [5.74, 6) is 0. The molecule has 0 aliphatic carbocycles. The molecule has 0 bridgehead atoms. The quantitative estimate of drug-likeness (QED) is 0.593. The predicted octanol–water partition coefficient (Wildman–Crippen LogP) is 5.76. The van der Waals surface area contributed by atoms with E-state index in [4.69, 9.17) is 16.7 Å². The summed E-state index contributed by atoms with van der Waals surface area (Å²) < 4.78 is 0. The fraction of sp³-hybridized carbons (Fsp3) is 0.105. The molecule has 0 spiro atoms. The summed E-state index contributed by atoms with van der Waals surface area (Å²) >= 11 is 7.91. The second-order valence-corrected chi connectivity index (χ2v) is 6.86. The second-order valence-electron chi connectivity index (χ2n) is 5.48. The van der Waals surface area contributed by atoms with Gasteiger partial charge in [0, 0.05) is 11.4 Å². The van der Waals surface area contributed by atoms with Gasteiger partial charge in [-0.2, -0.15) is 5.10 Å². The van der Waals surface area contributed by atoms with Crippen LogP contribution in [0.25, 0.3) is 0 Å². The van der Waals surface area contributed by atoms with Crippen molar-refractivity contribution >= 4 is 34.3 Å². The van der Waals surface area contributed by atoms with Gasteiger partial charge in [0.25, 0.3) is 0 Å². The van der Waals surface area contributed by atoms with Gasteiger partial charge in [0.1, 0.15) is 0 Å². The van der Waals surface area contributed by atoms with E-state index in [1.807, 2.05) is 24.3 Å². The average Bonchev–Trinajstić information content (AvgIpc) is 3.25. The van der Waals surface area contributed by atoms with Crippen molar-refractivity contribution in [2.75, 3.05) is 5.01 Å². The molecule has 1 aliphatic rings. The number of halogens is 1. The lowest BCUT2D eigenvalue weighted by atomic mass is 10.0. The molecule has 2 nitrogen and oxygen atoms in total. The van der Waals surface area contributed by atoms with Gasteiger partial charge >= 0.3 is 0 Å². The van der Waals surface area contributed by atoms with E-state index >= 15 is 0 Å². The van der Waals surface area contributed by atoms with Gasteiger partial charge in [0.05, 0.1) is 22.3 Å². The zero-order valence-corrected chi connectivity index (χ0v) is 14.0. The zero-order valence-electron chi connectivity index (χ0n) is 12.4. The Bertz CT molecular complexity index is 828. The first kappa shape index (κ1) is 14.5. The minimum atomic E-state index is 0.201. The summed E-state index contributed by atoms with van der Waals surface area (Å²) in [4.78, 5) is 1.23. The lowest BCUT2D eigenvalue weighted by Crippen LogP contribution is -2.18. The highest BCUT2D eigenvalue weighted by atomic mass is 35.5. The standard InChI is InChI=1S/C19H15ClN2S/c20-15-8-4-9-16(12-15)22-18(14-6-2-1-3-7-14)13-17(21-22)19-10-5-11-23-19/h1-12,18H,13H2/t18-/m0/s1. The van der Waals surface area contributed by atoms with Crippen LogP contribution in [0.5, 0.6) is 0 Å². The van der Waals surface area contributed by atoms with E-state index in [1.165, 1.54) is 10.4 Å². The van der Waals surface area contributed by atoms with Crippen LogP contribution in [0.15, 0.2) is 77.2 Å². The Balaban J connectivity index is 1.77. The third-order valence-corrected chi connectivity index (χ3v) is 5.13. The third kappa shape index (κ3) is 2.90. The van der Waals surface area contributed by atoms with Gasteiger partial charge in [-0.25, -0.2) is 0 Å². The van der Waals surface area contributed by atoms with Crippen LogP contribution < -0.4 is 5.01 Å². The van der Waals surface area contributed by atoms with Gasteiger partial charge in [0.15, 0.2) is 0 Å². The van der Waals surface area contributed by atoms with Crippen LogP contribution in [0, 0.1) is 0 Å². The van der Waals surface area contributed by atoms with Crippen molar-refractivity contribution in [2.45, 2.75) is 12.5 Å². The molecule has 0 radical (unpaired) electrons. The predicted molar refractivity (Wildman–Crippen MR) is 98.6 cm³/mol. The minimum Gasteiger partial charge on any atom is -0.257 e. The van der Waals surface area contributed by atoms with Crippen LogP contribution >= 0.6 is 22.9 Å². The molecule has 2 heterocycles. The molecule has 114 valence electrons. The van der Waals surface area contributed by atoms with Crippen molar-refractivity contribution in [3.8, 4) is 0 Å². The Morgan fingerprint density at radius 2 is 1.87 bits per heavy atom. The van der Waals surface area contributed by atoms with Gasteiger partial charge in [-0.05, 0) is 35.2 Å². The Morgan fingerprint density at radius 1 is 1.00 bits per heavy atom. The molecule has 0 unspecified atom stereocenters. The van der Waals surface area contributed by atoms with Crippen LogP contribution in [0.1, 0.15) is 22.9 Å². The van der Waals surface area contributed by atoms with Crippen LogP contribution in [0.4, 0.5) is 5.69 Å². The number of hydrogen-bond acceptors (Lipinski definition) is 3. The molecule has 3 aromatic rings. The molecule has 1 aliphatic heterocycles. The van der Waals surface area contributed by atoms with Crippen LogP contribution in [-0.2, 0) is 0 Å². The van der Waals surface area contributed by atoms with Crippen LogP contribution in [-0.4, -0.2) is 5.71 Å². The van der Waals surface area contributed by atoms with Crippen LogP contribution in [0.2, 0.25) is 5.02 Å². The number of benzene rings is 2. The molecular weight excluding hydrogens is 324 g/mol. The first-order valence-electron chi connectivity index (χ1n) is 7.52. The van der Waals surface area contributed by atoms with Crippen molar-refractivity contribution in [2.24, 2.45) is 5.10 Å². The van der Waals surface area contributed by atoms with Gasteiger partial charge in [-0.15, -0.1) is 11.3 Å². The molecule has 2 aromatic carbocycles. The molecule has 1 aromatic heterocycles. The number of hydrazone groups is 1. The van der Waals surface area contributed by atoms with Crippen molar-refractivity contribution in [3.63, 3.8) is 0 Å². The van der Waals surface area contributed by atoms with E-state index in [-0.39, 0.29) is 6.04 Å². The van der Waals surface area contributed by atoms with Crippen molar-refractivity contribution < 1.29 is 0 Å². The zero-order chi connectivity index (χ0) is 15.6. The molecule has 4 rings (SSSR count). The molecule has 1 atom stereocenters. The number of anilines is 1. The van der Waals surface area contributed by atoms with Crippen LogP contribution in [0.3, 0.4) is 0 Å². The summed E-state index contributed by atoms with van der Waals surface area (Å²) in [5.41, 5.74) is 3.43. The minimum absolute atomic E-state index is 0.201. The number of thiophene rings is 1.